The number of urea groups is 1. The molecule has 2 N–H and O–H groups in total. The maximum Gasteiger partial charge on any atom is 0.315 e. The molecule has 16 heavy (non-hydrogen) atoms. The van der Waals surface area contributed by atoms with Crippen molar-refractivity contribution in [2.45, 2.75) is 56.2 Å². The van der Waals surface area contributed by atoms with E-state index < -0.39 is 0 Å². The molecule has 0 aromatic rings. The van der Waals surface area contributed by atoms with Crippen molar-refractivity contribution in [1.29, 1.82) is 0 Å². The number of nitrogens with one attached hydrogen (secondary N) is 2. The molecule has 2 fully saturated rings. The van der Waals surface area contributed by atoms with Crippen LogP contribution in [0.4, 0.5) is 4.79 Å². The topological polar surface area (TPSA) is 41.1 Å². The Kier molecular flexibility index (Phi) is 4.82. The molecule has 2 rings (SSSR count). The van der Waals surface area contributed by atoms with Crippen molar-refractivity contribution in [3.05, 3.63) is 0 Å². The predicted octanol–water partition coefficient (Wildman–Crippen LogP) is 2.51. The first kappa shape index (κ1) is 12.1. The van der Waals surface area contributed by atoms with Gasteiger partial charge in [-0.05, 0) is 31.4 Å². The zero-order chi connectivity index (χ0) is 11.2. The van der Waals surface area contributed by atoms with Crippen LogP contribution in [0.3, 0.4) is 0 Å². The van der Waals surface area contributed by atoms with Crippen LogP contribution in [0.5, 0.6) is 0 Å². The quantitative estimate of drug-likeness (QED) is 0.798. The Morgan fingerprint density at radius 2 is 1.94 bits per heavy atom. The van der Waals surface area contributed by atoms with Crippen molar-refractivity contribution < 1.29 is 4.79 Å². The number of thioether (sulfide) groups is 1. The van der Waals surface area contributed by atoms with Crippen LogP contribution in [-0.2, 0) is 0 Å². The lowest BCUT2D eigenvalue weighted by molar-refractivity contribution is 0.232. The van der Waals surface area contributed by atoms with E-state index in [0.29, 0.717) is 11.3 Å². The monoisotopic (exact) mass is 242 g/mol. The highest BCUT2D eigenvalue weighted by Crippen LogP contribution is 2.25. The minimum absolute atomic E-state index is 0.0411. The van der Waals surface area contributed by atoms with E-state index >= 15 is 0 Å². The predicted molar refractivity (Wildman–Crippen MR) is 68.9 cm³/mol. The van der Waals surface area contributed by atoms with Gasteiger partial charge in [-0.15, -0.1) is 0 Å². The van der Waals surface area contributed by atoms with Gasteiger partial charge in [-0.2, -0.15) is 11.8 Å². The van der Waals surface area contributed by atoms with E-state index in [4.69, 9.17) is 0 Å². The Morgan fingerprint density at radius 3 is 2.62 bits per heavy atom. The highest BCUT2D eigenvalue weighted by molar-refractivity contribution is 8.00. The first-order chi connectivity index (χ1) is 7.84. The van der Waals surface area contributed by atoms with E-state index in [0.717, 1.165) is 19.4 Å². The van der Waals surface area contributed by atoms with Gasteiger partial charge in [-0.3, -0.25) is 0 Å². The molecule has 1 unspecified atom stereocenters. The van der Waals surface area contributed by atoms with Crippen molar-refractivity contribution in [3.63, 3.8) is 0 Å². The van der Waals surface area contributed by atoms with Gasteiger partial charge < -0.3 is 10.6 Å². The molecule has 4 heteroatoms. The molecule has 0 aromatic carbocycles. The zero-order valence-electron chi connectivity index (χ0n) is 9.84. The minimum atomic E-state index is 0.0411. The van der Waals surface area contributed by atoms with E-state index in [-0.39, 0.29) is 6.03 Å². The molecule has 1 saturated carbocycles. The zero-order valence-corrected chi connectivity index (χ0v) is 10.7. The standard InChI is InChI=1S/C12H22N2OS/c15-12(13-9-11-7-4-8-16-11)14-10-5-2-1-3-6-10/h10-11H,1-9H2,(H2,13,14,15). The normalized spacial score (nSPS) is 26.6. The van der Waals surface area contributed by atoms with Gasteiger partial charge in [0.15, 0.2) is 0 Å². The molecular formula is C12H22N2OS. The van der Waals surface area contributed by atoms with Gasteiger partial charge in [0.25, 0.3) is 0 Å². The molecule has 1 atom stereocenters. The molecule has 0 radical (unpaired) electrons. The lowest BCUT2D eigenvalue weighted by Gasteiger charge is -2.23. The fraction of sp³-hybridized carbons (Fsp3) is 0.917. The largest absolute Gasteiger partial charge is 0.337 e. The molecule has 0 aromatic heterocycles. The van der Waals surface area contributed by atoms with Crippen molar-refractivity contribution in [1.82, 2.24) is 10.6 Å². The third-order valence-electron chi connectivity index (χ3n) is 3.45. The smallest absolute Gasteiger partial charge is 0.315 e. The Hall–Kier alpha value is -0.380. The highest BCUT2D eigenvalue weighted by Gasteiger charge is 2.18. The van der Waals surface area contributed by atoms with E-state index in [1.54, 1.807) is 0 Å². The van der Waals surface area contributed by atoms with E-state index in [1.807, 2.05) is 11.8 Å². The number of carbonyl (C=O) groups is 1. The summed E-state index contributed by atoms with van der Waals surface area (Å²) in [6, 6.07) is 0.462. The summed E-state index contributed by atoms with van der Waals surface area (Å²) in [6.07, 6.45) is 8.75. The van der Waals surface area contributed by atoms with Gasteiger partial charge >= 0.3 is 6.03 Å². The first-order valence-corrected chi connectivity index (χ1v) is 7.55. The van der Waals surface area contributed by atoms with Gasteiger partial charge in [-0.25, -0.2) is 4.79 Å². The van der Waals surface area contributed by atoms with Crippen LogP contribution in [0.1, 0.15) is 44.9 Å². The van der Waals surface area contributed by atoms with Gasteiger partial charge in [0, 0.05) is 17.8 Å². The lowest BCUT2D eigenvalue weighted by Crippen LogP contribution is -2.44. The summed E-state index contributed by atoms with van der Waals surface area (Å²) in [5.74, 6) is 1.26. The maximum absolute atomic E-state index is 11.6. The molecule has 1 saturated heterocycles. The van der Waals surface area contributed by atoms with Gasteiger partial charge in [0.2, 0.25) is 0 Å². The second kappa shape index (κ2) is 6.38. The van der Waals surface area contributed by atoms with Gasteiger partial charge in [-0.1, -0.05) is 19.3 Å². The molecule has 1 aliphatic carbocycles. The van der Waals surface area contributed by atoms with E-state index in [1.165, 1.54) is 37.9 Å². The maximum atomic E-state index is 11.6. The van der Waals surface area contributed by atoms with E-state index in [9.17, 15) is 4.79 Å². The fourth-order valence-electron chi connectivity index (χ4n) is 2.50. The highest BCUT2D eigenvalue weighted by atomic mass is 32.2. The number of rotatable bonds is 3. The van der Waals surface area contributed by atoms with Crippen LogP contribution in [0.2, 0.25) is 0 Å². The molecule has 2 aliphatic rings. The van der Waals surface area contributed by atoms with Crippen molar-refractivity contribution in [2.75, 3.05) is 12.3 Å². The summed E-state index contributed by atoms with van der Waals surface area (Å²) >= 11 is 1.99. The van der Waals surface area contributed by atoms with Crippen LogP contribution in [0.15, 0.2) is 0 Å². The van der Waals surface area contributed by atoms with Crippen LogP contribution >= 0.6 is 11.8 Å². The van der Waals surface area contributed by atoms with E-state index in [2.05, 4.69) is 10.6 Å². The second-order valence-electron chi connectivity index (χ2n) is 4.82. The van der Waals surface area contributed by atoms with Crippen LogP contribution in [-0.4, -0.2) is 29.6 Å². The summed E-state index contributed by atoms with van der Waals surface area (Å²) < 4.78 is 0. The van der Waals surface area contributed by atoms with Crippen LogP contribution < -0.4 is 10.6 Å². The molecule has 0 bridgehead atoms. The van der Waals surface area contributed by atoms with Gasteiger partial charge in [0.05, 0.1) is 0 Å². The summed E-state index contributed by atoms with van der Waals surface area (Å²) in [5, 5.41) is 6.73. The lowest BCUT2D eigenvalue weighted by atomic mass is 9.96. The Labute approximate surface area is 102 Å². The summed E-state index contributed by atoms with van der Waals surface area (Å²) in [6.45, 7) is 0.837. The van der Waals surface area contributed by atoms with Crippen molar-refractivity contribution >= 4 is 17.8 Å². The number of hydrogen-bond donors (Lipinski definition) is 2. The first-order valence-electron chi connectivity index (χ1n) is 6.50. The van der Waals surface area contributed by atoms with Gasteiger partial charge in [0.1, 0.15) is 0 Å². The van der Waals surface area contributed by atoms with Crippen molar-refractivity contribution in [2.24, 2.45) is 0 Å². The number of hydrogen-bond acceptors (Lipinski definition) is 2. The molecule has 0 spiro atoms. The summed E-state index contributed by atoms with van der Waals surface area (Å²) in [7, 11) is 0. The van der Waals surface area contributed by atoms with Crippen LogP contribution in [0, 0.1) is 0 Å². The molecule has 3 nitrogen and oxygen atoms in total. The Bertz CT molecular complexity index is 223. The Morgan fingerprint density at radius 1 is 1.12 bits per heavy atom. The average Bonchev–Trinajstić information content (AvgIpc) is 2.81. The third kappa shape index (κ3) is 3.89. The molecule has 1 heterocycles. The number of amides is 2. The second-order valence-corrected chi connectivity index (χ2v) is 6.23. The average molecular weight is 242 g/mol. The van der Waals surface area contributed by atoms with Crippen molar-refractivity contribution in [3.8, 4) is 0 Å². The molecule has 2 amide bonds. The van der Waals surface area contributed by atoms with Crippen LogP contribution in [0.25, 0.3) is 0 Å². The molecule has 1 aliphatic heterocycles. The fourth-order valence-corrected chi connectivity index (χ4v) is 3.70. The molecule has 92 valence electrons. The summed E-state index contributed by atoms with van der Waals surface area (Å²) in [4.78, 5) is 11.6. The number of carbonyl (C=O) groups excluding carboxylic acids is 1. The SMILES string of the molecule is O=C(NCC1CCCS1)NC1CCCCC1. The molecular weight excluding hydrogens is 220 g/mol. The summed E-state index contributed by atoms with van der Waals surface area (Å²) in [5.41, 5.74) is 0. The Balaban J connectivity index is 1.59. The minimum Gasteiger partial charge on any atom is -0.337 e. The third-order valence-corrected chi connectivity index (χ3v) is 4.85.